The average Bonchev–Trinajstić information content (AvgIpc) is 2.43. The summed E-state index contributed by atoms with van der Waals surface area (Å²) >= 11 is 0. The maximum atomic E-state index is 13.0. The van der Waals surface area contributed by atoms with Crippen molar-refractivity contribution in [3.05, 3.63) is 65.5 Å². The highest BCUT2D eigenvalue weighted by Gasteiger charge is 2.06. The number of nitrogens with one attached hydrogen (secondary N) is 1. The molecule has 21 heavy (non-hydrogen) atoms. The minimum absolute atomic E-state index is 0.110. The Labute approximate surface area is 123 Å². The van der Waals surface area contributed by atoms with Crippen molar-refractivity contribution in [2.75, 3.05) is 6.54 Å². The number of nitrogens with two attached hydrogens (primary N) is 1. The second kappa shape index (κ2) is 6.80. The van der Waals surface area contributed by atoms with E-state index in [1.807, 2.05) is 6.07 Å². The molecule has 0 unspecified atom stereocenters. The first kappa shape index (κ1) is 15.6. The average molecular weight is 308 g/mol. The predicted molar refractivity (Wildman–Crippen MR) is 79.6 cm³/mol. The molecule has 0 bridgehead atoms. The fourth-order valence-corrected chi connectivity index (χ4v) is 2.47. The largest absolute Gasteiger partial charge is 0.312 e. The molecular weight excluding hydrogens is 291 g/mol. The van der Waals surface area contributed by atoms with Gasteiger partial charge in [-0.1, -0.05) is 24.3 Å². The third-order valence-corrected chi connectivity index (χ3v) is 3.99. The molecule has 6 heteroatoms. The van der Waals surface area contributed by atoms with Gasteiger partial charge in [-0.05, 0) is 48.4 Å². The van der Waals surface area contributed by atoms with Crippen LogP contribution in [-0.4, -0.2) is 15.0 Å². The van der Waals surface area contributed by atoms with Crippen LogP contribution in [0.25, 0.3) is 0 Å². The number of sulfonamides is 1. The van der Waals surface area contributed by atoms with E-state index >= 15 is 0 Å². The summed E-state index contributed by atoms with van der Waals surface area (Å²) < 4.78 is 35.2. The standard InChI is InChI=1S/C15H17FN2O2S/c16-14-3-1-2-13(10-14)11-18-9-8-12-4-6-15(7-5-12)21(17,19)20/h1-7,10,18H,8-9,11H2,(H2,17,19,20). The van der Waals surface area contributed by atoms with E-state index in [-0.39, 0.29) is 10.7 Å². The minimum Gasteiger partial charge on any atom is -0.312 e. The number of hydrogen-bond acceptors (Lipinski definition) is 3. The molecule has 0 spiro atoms. The molecule has 0 saturated heterocycles. The predicted octanol–water partition coefficient (Wildman–Crippen LogP) is 1.81. The van der Waals surface area contributed by atoms with Gasteiger partial charge in [-0.2, -0.15) is 0 Å². The zero-order valence-electron chi connectivity index (χ0n) is 11.4. The quantitative estimate of drug-likeness (QED) is 0.799. The Balaban J connectivity index is 1.81. The van der Waals surface area contributed by atoms with Crippen molar-refractivity contribution in [2.45, 2.75) is 17.9 Å². The molecule has 4 nitrogen and oxygen atoms in total. The number of primary sulfonamides is 1. The van der Waals surface area contributed by atoms with E-state index in [4.69, 9.17) is 5.14 Å². The lowest BCUT2D eigenvalue weighted by molar-refractivity contribution is 0.597. The molecule has 0 fully saturated rings. The zero-order chi connectivity index (χ0) is 15.3. The number of rotatable bonds is 6. The van der Waals surface area contributed by atoms with Gasteiger partial charge in [0.1, 0.15) is 5.82 Å². The van der Waals surface area contributed by atoms with Gasteiger partial charge < -0.3 is 5.32 Å². The van der Waals surface area contributed by atoms with E-state index in [1.165, 1.54) is 24.3 Å². The minimum atomic E-state index is -3.64. The highest BCUT2D eigenvalue weighted by molar-refractivity contribution is 7.89. The van der Waals surface area contributed by atoms with Gasteiger partial charge in [-0.25, -0.2) is 17.9 Å². The summed E-state index contributed by atoms with van der Waals surface area (Å²) in [5, 5.41) is 8.25. The van der Waals surface area contributed by atoms with Crippen LogP contribution in [0.3, 0.4) is 0 Å². The normalized spacial score (nSPS) is 11.5. The Morgan fingerprint density at radius 1 is 1.05 bits per heavy atom. The van der Waals surface area contributed by atoms with Crippen LogP contribution in [-0.2, 0) is 23.0 Å². The van der Waals surface area contributed by atoms with Crippen molar-refractivity contribution in [1.29, 1.82) is 0 Å². The van der Waals surface area contributed by atoms with Gasteiger partial charge >= 0.3 is 0 Å². The number of hydrogen-bond donors (Lipinski definition) is 2. The first-order chi connectivity index (χ1) is 9.95. The summed E-state index contributed by atoms with van der Waals surface area (Å²) in [7, 11) is -3.64. The van der Waals surface area contributed by atoms with Crippen LogP contribution >= 0.6 is 0 Å². The smallest absolute Gasteiger partial charge is 0.238 e. The molecule has 0 radical (unpaired) electrons. The van der Waals surface area contributed by atoms with Gasteiger partial charge in [0.2, 0.25) is 10.0 Å². The van der Waals surface area contributed by atoms with E-state index in [9.17, 15) is 12.8 Å². The summed E-state index contributed by atoms with van der Waals surface area (Å²) in [5.74, 6) is -0.243. The van der Waals surface area contributed by atoms with E-state index in [0.29, 0.717) is 13.1 Å². The lowest BCUT2D eigenvalue weighted by Crippen LogP contribution is -2.17. The van der Waals surface area contributed by atoms with Crippen LogP contribution in [0.15, 0.2) is 53.4 Å². The highest BCUT2D eigenvalue weighted by atomic mass is 32.2. The lowest BCUT2D eigenvalue weighted by Gasteiger charge is -2.06. The van der Waals surface area contributed by atoms with E-state index < -0.39 is 10.0 Å². The molecule has 112 valence electrons. The number of benzene rings is 2. The maximum Gasteiger partial charge on any atom is 0.238 e. The van der Waals surface area contributed by atoms with Crippen LogP contribution < -0.4 is 10.5 Å². The first-order valence-corrected chi connectivity index (χ1v) is 8.07. The summed E-state index contributed by atoms with van der Waals surface area (Å²) in [6, 6.07) is 12.9. The Bertz CT molecular complexity index is 700. The van der Waals surface area contributed by atoms with Gasteiger partial charge in [-0.3, -0.25) is 0 Å². The van der Waals surface area contributed by atoms with Gasteiger partial charge in [0.05, 0.1) is 4.90 Å². The third kappa shape index (κ3) is 4.93. The molecule has 0 aliphatic heterocycles. The Kier molecular flexibility index (Phi) is 5.06. The molecule has 0 aliphatic rings. The summed E-state index contributed by atoms with van der Waals surface area (Å²) in [6.45, 7) is 1.30. The maximum absolute atomic E-state index is 13.0. The molecule has 0 aromatic heterocycles. The van der Waals surface area contributed by atoms with Crippen molar-refractivity contribution in [2.24, 2.45) is 5.14 Å². The zero-order valence-corrected chi connectivity index (χ0v) is 12.2. The van der Waals surface area contributed by atoms with Crippen molar-refractivity contribution in [1.82, 2.24) is 5.32 Å². The number of halogens is 1. The van der Waals surface area contributed by atoms with Gasteiger partial charge in [-0.15, -0.1) is 0 Å². The monoisotopic (exact) mass is 308 g/mol. The fourth-order valence-electron chi connectivity index (χ4n) is 1.96. The molecule has 2 aromatic carbocycles. The van der Waals surface area contributed by atoms with Crippen LogP contribution in [0.4, 0.5) is 4.39 Å². The fraction of sp³-hybridized carbons (Fsp3) is 0.200. The van der Waals surface area contributed by atoms with Crippen LogP contribution in [0.5, 0.6) is 0 Å². The van der Waals surface area contributed by atoms with Gasteiger partial charge in [0, 0.05) is 6.54 Å². The molecule has 0 atom stereocenters. The van der Waals surface area contributed by atoms with Gasteiger partial charge in [0.25, 0.3) is 0 Å². The van der Waals surface area contributed by atoms with Crippen molar-refractivity contribution >= 4 is 10.0 Å². The molecule has 2 aromatic rings. The van der Waals surface area contributed by atoms with Crippen LogP contribution in [0, 0.1) is 5.82 Å². The molecule has 3 N–H and O–H groups in total. The Hall–Kier alpha value is -1.76. The molecule has 0 saturated carbocycles. The van der Waals surface area contributed by atoms with E-state index in [1.54, 1.807) is 18.2 Å². The van der Waals surface area contributed by atoms with Crippen molar-refractivity contribution < 1.29 is 12.8 Å². The second-order valence-corrected chi connectivity index (χ2v) is 6.31. The Morgan fingerprint density at radius 3 is 2.38 bits per heavy atom. The highest BCUT2D eigenvalue weighted by Crippen LogP contribution is 2.09. The summed E-state index contributed by atoms with van der Waals surface area (Å²) in [5.41, 5.74) is 1.90. The molecular formula is C15H17FN2O2S. The third-order valence-electron chi connectivity index (χ3n) is 3.06. The van der Waals surface area contributed by atoms with Gasteiger partial charge in [0.15, 0.2) is 0 Å². The van der Waals surface area contributed by atoms with E-state index in [0.717, 1.165) is 17.5 Å². The van der Waals surface area contributed by atoms with E-state index in [2.05, 4.69) is 5.32 Å². The summed E-state index contributed by atoms with van der Waals surface area (Å²) in [4.78, 5) is 0.110. The summed E-state index contributed by atoms with van der Waals surface area (Å²) in [6.07, 6.45) is 0.750. The molecule has 2 rings (SSSR count). The van der Waals surface area contributed by atoms with Crippen molar-refractivity contribution in [3.8, 4) is 0 Å². The topological polar surface area (TPSA) is 72.2 Å². The SMILES string of the molecule is NS(=O)(=O)c1ccc(CCNCc2cccc(F)c2)cc1. The van der Waals surface area contributed by atoms with Crippen LogP contribution in [0.1, 0.15) is 11.1 Å². The Morgan fingerprint density at radius 2 is 1.76 bits per heavy atom. The molecule has 0 amide bonds. The lowest BCUT2D eigenvalue weighted by atomic mass is 10.1. The molecule has 0 heterocycles. The molecule has 0 aliphatic carbocycles. The van der Waals surface area contributed by atoms with Crippen LogP contribution in [0.2, 0.25) is 0 Å². The second-order valence-electron chi connectivity index (χ2n) is 4.75. The van der Waals surface area contributed by atoms with Crippen molar-refractivity contribution in [3.63, 3.8) is 0 Å². The first-order valence-electron chi connectivity index (χ1n) is 6.52.